The van der Waals surface area contributed by atoms with Crippen LogP contribution in [0.2, 0.25) is 0 Å². The van der Waals surface area contributed by atoms with Gasteiger partial charge in [-0.25, -0.2) is 8.78 Å². The second-order valence-corrected chi connectivity index (χ2v) is 4.62. The molecule has 0 aliphatic heterocycles. The predicted molar refractivity (Wildman–Crippen MR) is 74.5 cm³/mol. The molecule has 0 aliphatic rings. The number of benzene rings is 1. The average Bonchev–Trinajstić information content (AvgIpc) is 2.74. The molecule has 1 aromatic heterocycles. The molecule has 0 saturated heterocycles. The standard InChI is InChI=1S/C14H16F2N4O/c1-3-11-12(17)13(20(2)19-11)14(21)18-7-8-4-5-9(15)10(16)6-8/h4-6H,3,7,17H2,1-2H3,(H,18,21). The Morgan fingerprint density at radius 3 is 2.67 bits per heavy atom. The average molecular weight is 294 g/mol. The lowest BCUT2D eigenvalue weighted by Gasteiger charge is -2.07. The monoisotopic (exact) mass is 294 g/mol. The molecular weight excluding hydrogens is 278 g/mol. The second kappa shape index (κ2) is 5.90. The molecule has 0 unspecified atom stereocenters. The first-order valence-electron chi connectivity index (χ1n) is 6.47. The summed E-state index contributed by atoms with van der Waals surface area (Å²) in [6.45, 7) is 1.96. The van der Waals surface area contributed by atoms with Gasteiger partial charge in [0.2, 0.25) is 0 Å². The summed E-state index contributed by atoms with van der Waals surface area (Å²) in [5.74, 6) is -2.28. The van der Waals surface area contributed by atoms with E-state index in [0.717, 1.165) is 12.1 Å². The van der Waals surface area contributed by atoms with E-state index in [1.54, 1.807) is 7.05 Å². The van der Waals surface area contributed by atoms with Gasteiger partial charge in [0.1, 0.15) is 5.69 Å². The predicted octanol–water partition coefficient (Wildman–Crippen LogP) is 1.77. The number of aromatic nitrogens is 2. The SMILES string of the molecule is CCc1nn(C)c(C(=O)NCc2ccc(F)c(F)c2)c1N. The first kappa shape index (κ1) is 15.0. The second-order valence-electron chi connectivity index (χ2n) is 4.62. The fourth-order valence-electron chi connectivity index (χ4n) is 2.04. The van der Waals surface area contributed by atoms with Crippen LogP contribution in [0.1, 0.15) is 28.7 Å². The van der Waals surface area contributed by atoms with Crippen LogP contribution >= 0.6 is 0 Å². The number of nitrogens with two attached hydrogens (primary N) is 1. The number of nitrogens with one attached hydrogen (secondary N) is 1. The summed E-state index contributed by atoms with van der Waals surface area (Å²) in [6, 6.07) is 3.47. The number of anilines is 1. The molecule has 0 spiro atoms. The topological polar surface area (TPSA) is 72.9 Å². The van der Waals surface area contributed by atoms with E-state index in [1.165, 1.54) is 10.7 Å². The summed E-state index contributed by atoms with van der Waals surface area (Å²) in [6.07, 6.45) is 0.621. The fourth-order valence-corrected chi connectivity index (χ4v) is 2.04. The molecule has 0 atom stereocenters. The maximum atomic E-state index is 13.1. The first-order valence-corrected chi connectivity index (χ1v) is 6.47. The van der Waals surface area contributed by atoms with Gasteiger partial charge < -0.3 is 11.1 Å². The van der Waals surface area contributed by atoms with Gasteiger partial charge in [-0.15, -0.1) is 0 Å². The van der Waals surface area contributed by atoms with Gasteiger partial charge in [-0.05, 0) is 24.1 Å². The third-order valence-electron chi connectivity index (χ3n) is 3.15. The molecule has 3 N–H and O–H groups in total. The Balaban J connectivity index is 2.11. The summed E-state index contributed by atoms with van der Waals surface area (Å²) in [7, 11) is 1.63. The molecule has 0 bridgehead atoms. The van der Waals surface area contributed by atoms with Crippen LogP contribution in [0.3, 0.4) is 0 Å². The van der Waals surface area contributed by atoms with Gasteiger partial charge in [0, 0.05) is 13.6 Å². The van der Waals surface area contributed by atoms with Crippen LogP contribution in [0.25, 0.3) is 0 Å². The van der Waals surface area contributed by atoms with Crippen molar-refractivity contribution in [3.05, 3.63) is 46.8 Å². The van der Waals surface area contributed by atoms with Crippen molar-refractivity contribution >= 4 is 11.6 Å². The van der Waals surface area contributed by atoms with Crippen molar-refractivity contribution in [2.45, 2.75) is 19.9 Å². The highest BCUT2D eigenvalue weighted by atomic mass is 19.2. The van der Waals surface area contributed by atoms with Crippen LogP contribution in [-0.4, -0.2) is 15.7 Å². The molecule has 7 heteroatoms. The number of carbonyl (C=O) groups excluding carboxylic acids is 1. The number of hydrogen-bond acceptors (Lipinski definition) is 3. The third-order valence-corrected chi connectivity index (χ3v) is 3.15. The van der Waals surface area contributed by atoms with E-state index in [9.17, 15) is 13.6 Å². The fraction of sp³-hybridized carbons (Fsp3) is 0.286. The van der Waals surface area contributed by atoms with E-state index in [0.29, 0.717) is 23.4 Å². The zero-order valence-electron chi connectivity index (χ0n) is 11.8. The lowest BCUT2D eigenvalue weighted by atomic mass is 10.2. The minimum absolute atomic E-state index is 0.0715. The molecule has 1 aromatic carbocycles. The molecule has 21 heavy (non-hydrogen) atoms. The van der Waals surface area contributed by atoms with Gasteiger partial charge in [0.05, 0.1) is 11.4 Å². The van der Waals surface area contributed by atoms with Gasteiger partial charge in [-0.1, -0.05) is 13.0 Å². The summed E-state index contributed by atoms with van der Waals surface area (Å²) in [4.78, 5) is 12.1. The molecule has 2 rings (SSSR count). The van der Waals surface area contributed by atoms with Crippen molar-refractivity contribution in [3.8, 4) is 0 Å². The minimum atomic E-state index is -0.949. The van der Waals surface area contributed by atoms with E-state index in [-0.39, 0.29) is 12.2 Å². The number of amides is 1. The summed E-state index contributed by atoms with van der Waals surface area (Å²) < 4.78 is 27.3. The normalized spacial score (nSPS) is 10.7. The lowest BCUT2D eigenvalue weighted by Crippen LogP contribution is -2.26. The molecule has 0 aliphatic carbocycles. The number of rotatable bonds is 4. The van der Waals surface area contributed by atoms with E-state index in [1.807, 2.05) is 6.92 Å². The van der Waals surface area contributed by atoms with Crippen LogP contribution < -0.4 is 11.1 Å². The highest BCUT2D eigenvalue weighted by Crippen LogP contribution is 2.17. The Morgan fingerprint density at radius 1 is 1.38 bits per heavy atom. The number of nitrogen functional groups attached to an aromatic ring is 1. The van der Waals surface area contributed by atoms with E-state index < -0.39 is 17.5 Å². The van der Waals surface area contributed by atoms with Crippen LogP contribution in [0.5, 0.6) is 0 Å². The molecule has 0 fully saturated rings. The van der Waals surface area contributed by atoms with Crippen LogP contribution in [-0.2, 0) is 20.0 Å². The van der Waals surface area contributed by atoms with Crippen molar-refractivity contribution in [2.75, 3.05) is 5.73 Å². The van der Waals surface area contributed by atoms with Gasteiger partial charge in [0.15, 0.2) is 11.6 Å². The molecule has 1 amide bonds. The van der Waals surface area contributed by atoms with Gasteiger partial charge in [-0.2, -0.15) is 5.10 Å². The Morgan fingerprint density at radius 2 is 2.10 bits per heavy atom. The largest absolute Gasteiger partial charge is 0.395 e. The van der Waals surface area contributed by atoms with E-state index >= 15 is 0 Å². The number of aryl methyl sites for hydroxylation is 2. The quantitative estimate of drug-likeness (QED) is 0.902. The maximum absolute atomic E-state index is 13.1. The number of carbonyl (C=O) groups is 1. The van der Waals surface area contributed by atoms with Gasteiger partial charge >= 0.3 is 0 Å². The maximum Gasteiger partial charge on any atom is 0.271 e. The minimum Gasteiger partial charge on any atom is -0.395 e. The Kier molecular flexibility index (Phi) is 4.21. The van der Waals surface area contributed by atoms with Crippen molar-refractivity contribution in [1.29, 1.82) is 0 Å². The molecule has 5 nitrogen and oxygen atoms in total. The van der Waals surface area contributed by atoms with Gasteiger partial charge in [-0.3, -0.25) is 9.48 Å². The summed E-state index contributed by atoms with van der Waals surface area (Å²) in [5.41, 5.74) is 7.58. The molecule has 0 saturated carbocycles. The third kappa shape index (κ3) is 3.01. The Labute approximate surface area is 120 Å². The smallest absolute Gasteiger partial charge is 0.271 e. The van der Waals surface area contributed by atoms with Crippen LogP contribution in [0.15, 0.2) is 18.2 Å². The van der Waals surface area contributed by atoms with Crippen molar-refractivity contribution in [3.63, 3.8) is 0 Å². The first-order chi connectivity index (χ1) is 9.93. The molecule has 2 aromatic rings. The lowest BCUT2D eigenvalue weighted by molar-refractivity contribution is 0.0942. The molecule has 0 radical (unpaired) electrons. The zero-order chi connectivity index (χ0) is 15.6. The number of nitrogens with zero attached hydrogens (tertiary/aromatic N) is 2. The molecule has 112 valence electrons. The van der Waals surface area contributed by atoms with E-state index in [2.05, 4.69) is 10.4 Å². The van der Waals surface area contributed by atoms with E-state index in [4.69, 9.17) is 5.73 Å². The van der Waals surface area contributed by atoms with Crippen LogP contribution in [0.4, 0.5) is 14.5 Å². The molecule has 1 heterocycles. The van der Waals surface area contributed by atoms with Crippen molar-refractivity contribution in [2.24, 2.45) is 7.05 Å². The Hall–Kier alpha value is -2.44. The Bertz CT molecular complexity index is 682. The van der Waals surface area contributed by atoms with Crippen molar-refractivity contribution < 1.29 is 13.6 Å². The number of hydrogen-bond donors (Lipinski definition) is 2. The molecular formula is C14H16F2N4O. The van der Waals surface area contributed by atoms with Gasteiger partial charge in [0.25, 0.3) is 5.91 Å². The van der Waals surface area contributed by atoms with Crippen molar-refractivity contribution in [1.82, 2.24) is 15.1 Å². The van der Waals surface area contributed by atoms with Crippen LogP contribution in [0, 0.1) is 11.6 Å². The summed E-state index contributed by atoms with van der Waals surface area (Å²) in [5, 5.41) is 6.76. The summed E-state index contributed by atoms with van der Waals surface area (Å²) >= 11 is 0. The highest BCUT2D eigenvalue weighted by Gasteiger charge is 2.18. The number of halogens is 2. The zero-order valence-corrected chi connectivity index (χ0v) is 11.8. The highest BCUT2D eigenvalue weighted by molar-refractivity contribution is 5.97.